The molecule has 192 valence electrons. The standard InChI is InChI=1S/C28H26FN7O2/c1-2-38-28(37)35-18-3-4-19(35)14-17(13-18)23-9-12-31-27-24(20-5-6-22(29)26-21(20)15-32-33-26)25(34-36(23)27)16-7-10-30-11-8-16/h5-12,15,17-19H,2-4,13-14H2,1H3,(H,32,33). The zero-order chi connectivity index (χ0) is 25.8. The summed E-state index contributed by atoms with van der Waals surface area (Å²) in [7, 11) is 0. The fourth-order valence-electron chi connectivity index (χ4n) is 6.37. The van der Waals surface area contributed by atoms with Crippen molar-refractivity contribution >= 4 is 22.6 Å². The minimum Gasteiger partial charge on any atom is -0.450 e. The Kier molecular flexibility index (Phi) is 5.34. The number of H-pyrrole nitrogens is 1. The number of hydrogen-bond acceptors (Lipinski definition) is 6. The zero-order valence-electron chi connectivity index (χ0n) is 20.8. The molecule has 7 rings (SSSR count). The van der Waals surface area contributed by atoms with E-state index in [0.717, 1.165) is 53.8 Å². The smallest absolute Gasteiger partial charge is 0.410 e. The number of fused-ring (bicyclic) bond motifs is 4. The normalized spacial score (nSPS) is 20.9. The number of pyridine rings is 1. The van der Waals surface area contributed by atoms with Gasteiger partial charge in [-0.15, -0.1) is 0 Å². The lowest BCUT2D eigenvalue weighted by Gasteiger charge is -2.38. The molecule has 1 N–H and O–H groups in total. The van der Waals surface area contributed by atoms with Crippen LogP contribution in [0.1, 0.15) is 44.2 Å². The Bertz CT molecular complexity index is 1650. The molecule has 0 saturated carbocycles. The summed E-state index contributed by atoms with van der Waals surface area (Å²) in [6, 6.07) is 9.38. The zero-order valence-corrected chi connectivity index (χ0v) is 20.8. The van der Waals surface area contributed by atoms with Crippen molar-refractivity contribution in [2.45, 2.75) is 50.6 Å². The van der Waals surface area contributed by atoms with Gasteiger partial charge < -0.3 is 9.64 Å². The molecule has 1 aromatic carbocycles. The number of ether oxygens (including phenoxy) is 1. The monoisotopic (exact) mass is 511 g/mol. The topological polar surface area (TPSA) is 101 Å². The van der Waals surface area contributed by atoms with Gasteiger partial charge in [-0.3, -0.25) is 10.1 Å². The van der Waals surface area contributed by atoms with Gasteiger partial charge in [0.05, 0.1) is 18.4 Å². The molecule has 2 atom stereocenters. The second-order valence-electron chi connectivity index (χ2n) is 9.98. The molecular formula is C28H26FN7O2. The molecule has 2 aliphatic heterocycles. The first-order valence-corrected chi connectivity index (χ1v) is 13.0. The summed E-state index contributed by atoms with van der Waals surface area (Å²) in [4.78, 5) is 23.5. The number of nitrogens with one attached hydrogen (secondary N) is 1. The van der Waals surface area contributed by atoms with Gasteiger partial charge in [-0.05, 0) is 62.4 Å². The highest BCUT2D eigenvalue weighted by atomic mass is 19.1. The molecule has 2 saturated heterocycles. The molecule has 2 aliphatic rings. The lowest BCUT2D eigenvalue weighted by Crippen LogP contribution is -2.46. The number of halogens is 1. The molecule has 0 radical (unpaired) electrons. The van der Waals surface area contributed by atoms with E-state index >= 15 is 0 Å². The quantitative estimate of drug-likeness (QED) is 0.350. The Labute approximate surface area is 217 Å². The maximum absolute atomic E-state index is 14.5. The van der Waals surface area contributed by atoms with Gasteiger partial charge in [-0.25, -0.2) is 18.7 Å². The van der Waals surface area contributed by atoms with Crippen LogP contribution in [0, 0.1) is 5.82 Å². The first-order valence-electron chi connectivity index (χ1n) is 13.0. The minimum absolute atomic E-state index is 0.151. The molecule has 6 heterocycles. The average molecular weight is 512 g/mol. The largest absolute Gasteiger partial charge is 0.450 e. The predicted octanol–water partition coefficient (Wildman–Crippen LogP) is 5.34. The maximum atomic E-state index is 14.5. The molecule has 10 heteroatoms. The average Bonchev–Trinajstić information content (AvgIpc) is 3.65. The van der Waals surface area contributed by atoms with Crippen LogP contribution in [0.4, 0.5) is 9.18 Å². The van der Waals surface area contributed by atoms with Crippen LogP contribution in [0.3, 0.4) is 0 Å². The van der Waals surface area contributed by atoms with Gasteiger partial charge in [-0.2, -0.15) is 10.2 Å². The van der Waals surface area contributed by atoms with Gasteiger partial charge in [0.2, 0.25) is 0 Å². The predicted molar refractivity (Wildman–Crippen MR) is 139 cm³/mol. The number of piperidine rings is 1. The fourth-order valence-corrected chi connectivity index (χ4v) is 6.37. The number of hydrogen-bond donors (Lipinski definition) is 1. The molecule has 1 amide bonds. The van der Waals surface area contributed by atoms with Gasteiger partial charge in [-0.1, -0.05) is 6.07 Å². The number of aromatic nitrogens is 6. The first kappa shape index (κ1) is 22.8. The van der Waals surface area contributed by atoms with Crippen LogP contribution in [0.5, 0.6) is 0 Å². The van der Waals surface area contributed by atoms with E-state index in [4.69, 9.17) is 14.8 Å². The van der Waals surface area contributed by atoms with E-state index in [1.54, 1.807) is 24.7 Å². The highest BCUT2D eigenvalue weighted by Gasteiger charge is 2.45. The third-order valence-electron chi connectivity index (χ3n) is 7.97. The summed E-state index contributed by atoms with van der Waals surface area (Å²) in [5.41, 5.74) is 5.36. The van der Waals surface area contributed by atoms with E-state index in [0.29, 0.717) is 23.2 Å². The number of carbonyl (C=O) groups excluding carboxylic acids is 1. The Morgan fingerprint density at radius 2 is 1.89 bits per heavy atom. The second kappa shape index (κ2) is 8.90. The molecule has 2 fully saturated rings. The van der Waals surface area contributed by atoms with Crippen LogP contribution in [-0.2, 0) is 4.74 Å². The van der Waals surface area contributed by atoms with Crippen LogP contribution in [0.15, 0.2) is 55.1 Å². The fraction of sp³-hybridized carbons (Fsp3) is 0.321. The van der Waals surface area contributed by atoms with Gasteiger partial charge in [0.25, 0.3) is 0 Å². The van der Waals surface area contributed by atoms with Crippen molar-refractivity contribution in [1.29, 1.82) is 0 Å². The first-order chi connectivity index (χ1) is 18.6. The summed E-state index contributed by atoms with van der Waals surface area (Å²) in [6.45, 7) is 2.22. The van der Waals surface area contributed by atoms with Crippen molar-refractivity contribution in [2.24, 2.45) is 0 Å². The molecule has 2 bridgehead atoms. The SMILES string of the molecule is CCOC(=O)N1C2CCC1CC(c1ccnc3c(-c4ccc(F)c5[nH]ncc45)c(-c4ccncc4)nn13)C2. The third kappa shape index (κ3) is 3.47. The molecule has 4 aromatic heterocycles. The molecule has 38 heavy (non-hydrogen) atoms. The van der Waals surface area contributed by atoms with Gasteiger partial charge in [0, 0.05) is 53.2 Å². The lowest BCUT2D eigenvalue weighted by molar-refractivity contribution is 0.0685. The van der Waals surface area contributed by atoms with Gasteiger partial charge >= 0.3 is 6.09 Å². The van der Waals surface area contributed by atoms with Crippen LogP contribution in [0.2, 0.25) is 0 Å². The molecular weight excluding hydrogens is 485 g/mol. The van der Waals surface area contributed by atoms with Gasteiger partial charge in [0.1, 0.15) is 17.0 Å². The molecule has 2 unspecified atom stereocenters. The van der Waals surface area contributed by atoms with Crippen molar-refractivity contribution in [2.75, 3.05) is 6.61 Å². The van der Waals surface area contributed by atoms with Crippen molar-refractivity contribution < 1.29 is 13.9 Å². The van der Waals surface area contributed by atoms with Crippen LogP contribution in [-0.4, -0.2) is 59.5 Å². The number of amides is 1. The summed E-state index contributed by atoms with van der Waals surface area (Å²) >= 11 is 0. The second-order valence-corrected chi connectivity index (χ2v) is 9.98. The van der Waals surface area contributed by atoms with Crippen molar-refractivity contribution in [3.63, 3.8) is 0 Å². The van der Waals surface area contributed by atoms with Crippen molar-refractivity contribution in [3.05, 3.63) is 66.6 Å². The Morgan fingerprint density at radius 3 is 2.66 bits per heavy atom. The number of nitrogens with zero attached hydrogens (tertiary/aromatic N) is 6. The number of benzene rings is 1. The Balaban J connectivity index is 1.38. The van der Waals surface area contributed by atoms with Gasteiger partial charge in [0.15, 0.2) is 5.65 Å². The highest BCUT2D eigenvalue weighted by molar-refractivity contribution is 6.02. The lowest BCUT2D eigenvalue weighted by atomic mass is 9.88. The molecule has 9 nitrogen and oxygen atoms in total. The molecule has 5 aromatic rings. The van der Waals surface area contributed by atoms with E-state index in [9.17, 15) is 9.18 Å². The minimum atomic E-state index is -0.360. The molecule has 0 aliphatic carbocycles. The summed E-state index contributed by atoms with van der Waals surface area (Å²) < 4.78 is 21.8. The number of aromatic amines is 1. The third-order valence-corrected chi connectivity index (χ3v) is 7.97. The van der Waals surface area contributed by atoms with Crippen LogP contribution < -0.4 is 0 Å². The van der Waals surface area contributed by atoms with Crippen LogP contribution in [0.25, 0.3) is 38.9 Å². The number of rotatable bonds is 4. The van der Waals surface area contributed by atoms with E-state index in [-0.39, 0.29) is 29.9 Å². The summed E-state index contributed by atoms with van der Waals surface area (Å²) in [5, 5.41) is 12.6. The van der Waals surface area contributed by atoms with Crippen molar-refractivity contribution in [3.8, 4) is 22.4 Å². The molecule has 0 spiro atoms. The Hall–Kier alpha value is -4.34. The highest BCUT2D eigenvalue weighted by Crippen LogP contribution is 2.45. The summed E-state index contributed by atoms with van der Waals surface area (Å²) in [5.74, 6) is -0.149. The van der Waals surface area contributed by atoms with E-state index in [1.807, 2.05) is 40.7 Å². The Morgan fingerprint density at radius 1 is 1.11 bits per heavy atom. The van der Waals surface area contributed by atoms with E-state index < -0.39 is 0 Å². The van der Waals surface area contributed by atoms with Crippen molar-refractivity contribution in [1.82, 2.24) is 34.7 Å². The maximum Gasteiger partial charge on any atom is 0.410 e. The van der Waals surface area contributed by atoms with Crippen LogP contribution >= 0.6 is 0 Å². The summed E-state index contributed by atoms with van der Waals surface area (Å²) in [6.07, 6.45) is 10.4. The van der Waals surface area contributed by atoms with E-state index in [2.05, 4.69) is 15.2 Å². The van der Waals surface area contributed by atoms with E-state index in [1.165, 1.54) is 6.07 Å². The number of carbonyl (C=O) groups is 1.